The fraction of sp³-hybridized carbons (Fsp3) is 0.474. The molecule has 0 aliphatic rings. The van der Waals surface area contributed by atoms with E-state index in [9.17, 15) is 14.4 Å². The molecule has 156 valence electrons. The lowest BCUT2D eigenvalue weighted by molar-refractivity contribution is 0.0942. The lowest BCUT2D eigenvalue weighted by Gasteiger charge is -2.13. The Morgan fingerprint density at radius 3 is 2.66 bits per heavy atom. The summed E-state index contributed by atoms with van der Waals surface area (Å²) in [5.74, 6) is -0.279. The van der Waals surface area contributed by atoms with Gasteiger partial charge in [-0.2, -0.15) is 0 Å². The maximum atomic E-state index is 12.8. The maximum Gasteiger partial charge on any atom is 0.332 e. The van der Waals surface area contributed by atoms with Crippen molar-refractivity contribution in [1.29, 1.82) is 0 Å². The Labute approximate surface area is 167 Å². The van der Waals surface area contributed by atoms with Crippen molar-refractivity contribution in [2.45, 2.75) is 25.9 Å². The van der Waals surface area contributed by atoms with Crippen LogP contribution in [-0.4, -0.2) is 49.4 Å². The maximum absolute atomic E-state index is 12.8. The Morgan fingerprint density at radius 1 is 1.17 bits per heavy atom. The number of amides is 1. The van der Waals surface area contributed by atoms with Gasteiger partial charge in [-0.3, -0.25) is 18.7 Å². The first kappa shape index (κ1) is 20.6. The van der Waals surface area contributed by atoms with Crippen molar-refractivity contribution in [3.63, 3.8) is 0 Å². The molecule has 0 saturated heterocycles. The lowest BCUT2D eigenvalue weighted by Crippen LogP contribution is -2.37. The molecule has 0 aliphatic carbocycles. The van der Waals surface area contributed by atoms with Crippen LogP contribution in [-0.2, 0) is 31.9 Å². The Hall–Kier alpha value is -3.14. The number of ether oxygens (including phenoxy) is 1. The third kappa shape index (κ3) is 4.16. The number of hydrogen-bond acceptors (Lipinski definition) is 5. The van der Waals surface area contributed by atoms with Gasteiger partial charge >= 0.3 is 5.69 Å². The number of hydrogen-bond donors (Lipinski definition) is 1. The number of nitrogens with one attached hydrogen (secondary N) is 1. The molecule has 3 heterocycles. The van der Waals surface area contributed by atoms with Crippen LogP contribution in [0.1, 0.15) is 23.3 Å². The number of carbonyl (C=O) groups excluding carboxylic acids is 1. The van der Waals surface area contributed by atoms with Gasteiger partial charge in [0.15, 0.2) is 0 Å². The van der Waals surface area contributed by atoms with Crippen molar-refractivity contribution in [1.82, 2.24) is 28.6 Å². The first-order valence-corrected chi connectivity index (χ1v) is 9.47. The zero-order valence-corrected chi connectivity index (χ0v) is 16.9. The molecule has 10 nitrogen and oxygen atoms in total. The second kappa shape index (κ2) is 8.91. The molecule has 29 heavy (non-hydrogen) atoms. The Kier molecular flexibility index (Phi) is 6.32. The van der Waals surface area contributed by atoms with E-state index in [0.717, 1.165) is 17.5 Å². The Bertz CT molecular complexity index is 1110. The van der Waals surface area contributed by atoms with Gasteiger partial charge in [-0.05, 0) is 18.9 Å². The lowest BCUT2D eigenvalue weighted by atomic mass is 10.3. The number of nitrogens with zero attached hydrogens (tertiary/aromatic N) is 5. The first-order valence-electron chi connectivity index (χ1n) is 9.47. The van der Waals surface area contributed by atoms with Crippen LogP contribution in [0.5, 0.6) is 0 Å². The van der Waals surface area contributed by atoms with Crippen molar-refractivity contribution < 1.29 is 9.53 Å². The molecule has 0 bridgehead atoms. The van der Waals surface area contributed by atoms with Gasteiger partial charge in [-0.1, -0.05) is 0 Å². The second-order valence-electron chi connectivity index (χ2n) is 6.88. The second-order valence-corrected chi connectivity index (χ2v) is 6.88. The van der Waals surface area contributed by atoms with Gasteiger partial charge in [0.2, 0.25) is 0 Å². The fourth-order valence-corrected chi connectivity index (χ4v) is 3.40. The Balaban J connectivity index is 1.88. The molecular weight excluding hydrogens is 376 g/mol. The predicted octanol–water partition coefficient (Wildman–Crippen LogP) is 0.0918. The summed E-state index contributed by atoms with van der Waals surface area (Å²) in [5, 5.41) is 3.24. The van der Waals surface area contributed by atoms with E-state index < -0.39 is 11.2 Å². The number of carbonyl (C=O) groups is 1. The van der Waals surface area contributed by atoms with Gasteiger partial charge in [0.1, 0.15) is 11.3 Å². The summed E-state index contributed by atoms with van der Waals surface area (Å²) >= 11 is 0. The molecule has 1 N–H and O–H groups in total. The van der Waals surface area contributed by atoms with Gasteiger partial charge in [0, 0.05) is 59.8 Å². The third-order valence-corrected chi connectivity index (χ3v) is 4.90. The molecule has 0 fully saturated rings. The number of fused-ring (bicyclic) bond motifs is 1. The minimum atomic E-state index is -0.430. The summed E-state index contributed by atoms with van der Waals surface area (Å²) in [6, 6.07) is 1.56. The quantitative estimate of drug-likeness (QED) is 0.511. The van der Waals surface area contributed by atoms with Crippen LogP contribution < -0.4 is 16.6 Å². The fourth-order valence-electron chi connectivity index (χ4n) is 3.40. The third-order valence-electron chi connectivity index (χ3n) is 4.90. The van der Waals surface area contributed by atoms with Crippen LogP contribution >= 0.6 is 0 Å². The standard InChI is InChI=1S/C19H26N6O4/c1-22-17-14(18(27)23(2)19(22)28)12-15(25(17)9-5-11-29-3)16(26)21-6-4-8-24-10-7-20-13-24/h7,10,12-13H,4-6,8-9,11H2,1-3H3,(H,21,26). The topological polar surface area (TPSA) is 105 Å². The van der Waals surface area contributed by atoms with Crippen LogP contribution in [0.3, 0.4) is 0 Å². The molecule has 0 spiro atoms. The predicted molar refractivity (Wildman–Crippen MR) is 108 cm³/mol. The minimum absolute atomic E-state index is 0.279. The normalized spacial score (nSPS) is 11.3. The summed E-state index contributed by atoms with van der Waals surface area (Å²) < 4.78 is 11.2. The molecule has 3 aromatic rings. The largest absolute Gasteiger partial charge is 0.385 e. The van der Waals surface area contributed by atoms with Crippen LogP contribution in [0.25, 0.3) is 11.0 Å². The monoisotopic (exact) mass is 402 g/mol. The van der Waals surface area contributed by atoms with E-state index in [4.69, 9.17) is 4.74 Å². The highest BCUT2D eigenvalue weighted by Crippen LogP contribution is 2.16. The minimum Gasteiger partial charge on any atom is -0.385 e. The average Bonchev–Trinajstić information content (AvgIpc) is 3.36. The Morgan fingerprint density at radius 2 is 1.97 bits per heavy atom. The first-order chi connectivity index (χ1) is 14.0. The highest BCUT2D eigenvalue weighted by Gasteiger charge is 2.20. The smallest absolute Gasteiger partial charge is 0.332 e. The molecule has 0 aliphatic heterocycles. The highest BCUT2D eigenvalue weighted by atomic mass is 16.5. The van der Waals surface area contributed by atoms with Gasteiger partial charge < -0.3 is 19.2 Å². The van der Waals surface area contributed by atoms with E-state index in [0.29, 0.717) is 42.8 Å². The summed E-state index contributed by atoms with van der Waals surface area (Å²) in [6.07, 6.45) is 6.69. The molecule has 0 saturated carbocycles. The van der Waals surface area contributed by atoms with Crippen LogP contribution in [0, 0.1) is 0 Å². The number of methoxy groups -OCH3 is 1. The molecule has 10 heteroatoms. The van der Waals surface area contributed by atoms with Crippen LogP contribution in [0.15, 0.2) is 34.4 Å². The molecule has 1 amide bonds. The van der Waals surface area contributed by atoms with Crippen molar-refractivity contribution in [3.8, 4) is 0 Å². The van der Waals surface area contributed by atoms with E-state index >= 15 is 0 Å². The van der Waals surface area contributed by atoms with Crippen molar-refractivity contribution in [3.05, 3.63) is 51.3 Å². The number of aryl methyl sites for hydroxylation is 3. The number of imidazole rings is 1. The van der Waals surface area contributed by atoms with Crippen molar-refractivity contribution in [2.75, 3.05) is 20.3 Å². The average molecular weight is 402 g/mol. The molecule has 3 aromatic heterocycles. The molecular formula is C19H26N6O4. The van der Waals surface area contributed by atoms with Crippen LogP contribution in [0.2, 0.25) is 0 Å². The van der Waals surface area contributed by atoms with E-state index in [1.807, 2.05) is 10.8 Å². The zero-order chi connectivity index (χ0) is 21.0. The van der Waals surface area contributed by atoms with E-state index in [-0.39, 0.29) is 5.91 Å². The number of aromatic nitrogens is 5. The molecule has 3 rings (SSSR count). The van der Waals surface area contributed by atoms with Crippen molar-refractivity contribution in [2.24, 2.45) is 14.1 Å². The molecule has 0 unspecified atom stereocenters. The van der Waals surface area contributed by atoms with Gasteiger partial charge in [0.25, 0.3) is 11.5 Å². The molecule has 0 aromatic carbocycles. The SMILES string of the molecule is COCCCn1c(C(=O)NCCCn2ccnc2)cc2c(=O)n(C)c(=O)n(C)c21. The van der Waals surface area contributed by atoms with Gasteiger partial charge in [-0.25, -0.2) is 9.78 Å². The molecule has 0 radical (unpaired) electrons. The van der Waals surface area contributed by atoms with E-state index in [1.54, 1.807) is 37.3 Å². The summed E-state index contributed by atoms with van der Waals surface area (Å²) in [4.78, 5) is 41.8. The summed E-state index contributed by atoms with van der Waals surface area (Å²) in [6.45, 7) is 2.18. The van der Waals surface area contributed by atoms with Crippen LogP contribution in [0.4, 0.5) is 0 Å². The summed E-state index contributed by atoms with van der Waals surface area (Å²) in [7, 11) is 4.64. The van der Waals surface area contributed by atoms with E-state index in [1.165, 1.54) is 11.6 Å². The van der Waals surface area contributed by atoms with Gasteiger partial charge in [0.05, 0.1) is 11.7 Å². The summed E-state index contributed by atoms with van der Waals surface area (Å²) in [5.41, 5.74) is -0.0431. The molecule has 0 atom stereocenters. The van der Waals surface area contributed by atoms with Crippen molar-refractivity contribution >= 4 is 16.9 Å². The van der Waals surface area contributed by atoms with E-state index in [2.05, 4.69) is 10.3 Å². The van der Waals surface area contributed by atoms with Gasteiger partial charge in [-0.15, -0.1) is 0 Å². The number of rotatable bonds is 9. The zero-order valence-electron chi connectivity index (χ0n) is 16.9. The highest BCUT2D eigenvalue weighted by molar-refractivity contribution is 5.97.